The molecule has 0 N–H and O–H groups in total. The molecule has 28 heavy (non-hydrogen) atoms. The summed E-state index contributed by atoms with van der Waals surface area (Å²) in [5.41, 5.74) is 3.96. The number of aromatic nitrogens is 2. The maximum absolute atomic E-state index is 4.44. The van der Waals surface area contributed by atoms with Crippen LogP contribution in [0, 0.1) is 23.7 Å². The summed E-state index contributed by atoms with van der Waals surface area (Å²) in [6, 6.07) is 20.4. The molecule has 0 aliphatic carbocycles. The average molecular weight is 360 g/mol. The Balaban J connectivity index is 1.25. The summed E-state index contributed by atoms with van der Waals surface area (Å²) in [5, 5.41) is 2.26. The van der Waals surface area contributed by atoms with Gasteiger partial charge in [-0.3, -0.25) is 9.97 Å². The fourth-order valence-corrected chi connectivity index (χ4v) is 3.03. The third-order valence-electron chi connectivity index (χ3n) is 4.50. The zero-order valence-electron chi connectivity index (χ0n) is 15.7. The minimum Gasteiger partial charge on any atom is -0.255 e. The molecule has 0 unspecified atom stereocenters. The molecular formula is C26H20N2. The van der Waals surface area contributed by atoms with E-state index in [9.17, 15) is 0 Å². The lowest BCUT2D eigenvalue weighted by atomic mass is 10.1. The van der Waals surface area contributed by atoms with E-state index in [2.05, 4.69) is 57.9 Å². The lowest BCUT2D eigenvalue weighted by Gasteiger charge is -1.96. The standard InChI is InChI=1S/C26H20N2/c1(3-5-11-21-17-23-13-7-9-15-25(23)27-19-21)2-4-6-12-22-18-24-14-8-10-16-26(24)28-20-22/h7-10,13-20H,1-4H2. The van der Waals surface area contributed by atoms with Crippen LogP contribution in [0.4, 0.5) is 0 Å². The second-order valence-electron chi connectivity index (χ2n) is 6.64. The van der Waals surface area contributed by atoms with E-state index in [1.807, 2.05) is 48.8 Å². The van der Waals surface area contributed by atoms with Crippen molar-refractivity contribution >= 4 is 21.8 Å². The normalized spacial score (nSPS) is 10.1. The van der Waals surface area contributed by atoms with Crippen LogP contribution < -0.4 is 0 Å². The largest absolute Gasteiger partial charge is 0.255 e. The molecule has 2 aromatic carbocycles. The molecule has 2 heteroatoms. The van der Waals surface area contributed by atoms with Crippen molar-refractivity contribution in [3.05, 3.63) is 84.2 Å². The monoisotopic (exact) mass is 360 g/mol. The molecule has 4 aromatic rings. The summed E-state index contributed by atoms with van der Waals surface area (Å²) in [5.74, 6) is 12.9. The van der Waals surface area contributed by atoms with Crippen LogP contribution in [-0.4, -0.2) is 9.97 Å². The first kappa shape index (κ1) is 17.8. The number of rotatable bonds is 3. The number of pyridine rings is 2. The van der Waals surface area contributed by atoms with Gasteiger partial charge in [0, 0.05) is 47.1 Å². The molecule has 0 radical (unpaired) electrons. The number of benzene rings is 2. The molecule has 0 amide bonds. The smallest absolute Gasteiger partial charge is 0.0702 e. The molecular weight excluding hydrogens is 340 g/mol. The highest BCUT2D eigenvalue weighted by atomic mass is 14.6. The van der Waals surface area contributed by atoms with Crippen LogP contribution in [0.15, 0.2) is 73.1 Å². The molecule has 0 bridgehead atoms. The van der Waals surface area contributed by atoms with Crippen LogP contribution in [0.2, 0.25) is 0 Å². The number of fused-ring (bicyclic) bond motifs is 2. The topological polar surface area (TPSA) is 25.8 Å². The van der Waals surface area contributed by atoms with Gasteiger partial charge in [0.05, 0.1) is 11.0 Å². The van der Waals surface area contributed by atoms with Gasteiger partial charge in [-0.15, -0.1) is 0 Å². The van der Waals surface area contributed by atoms with Crippen molar-refractivity contribution in [2.24, 2.45) is 0 Å². The van der Waals surface area contributed by atoms with Gasteiger partial charge < -0.3 is 0 Å². The fourth-order valence-electron chi connectivity index (χ4n) is 3.03. The van der Waals surface area contributed by atoms with E-state index in [0.29, 0.717) is 0 Å². The summed E-state index contributed by atoms with van der Waals surface area (Å²) in [6.07, 6.45) is 7.56. The minimum atomic E-state index is 0.881. The average Bonchev–Trinajstić information content (AvgIpc) is 2.75. The molecule has 0 aliphatic heterocycles. The summed E-state index contributed by atoms with van der Waals surface area (Å²) in [7, 11) is 0. The van der Waals surface area contributed by atoms with Gasteiger partial charge in [-0.05, 0) is 37.1 Å². The first-order chi connectivity index (χ1) is 13.9. The van der Waals surface area contributed by atoms with Crippen LogP contribution in [0.5, 0.6) is 0 Å². The van der Waals surface area contributed by atoms with E-state index in [4.69, 9.17) is 0 Å². The molecule has 0 saturated carbocycles. The maximum Gasteiger partial charge on any atom is 0.0702 e. The van der Waals surface area contributed by atoms with E-state index in [1.165, 1.54) is 0 Å². The molecule has 4 rings (SSSR count). The Morgan fingerprint density at radius 2 is 1.07 bits per heavy atom. The summed E-state index contributed by atoms with van der Waals surface area (Å²) in [4.78, 5) is 8.88. The first-order valence-electron chi connectivity index (χ1n) is 9.56. The number of hydrogen-bond acceptors (Lipinski definition) is 2. The Morgan fingerprint density at radius 1 is 0.607 bits per heavy atom. The van der Waals surface area contributed by atoms with E-state index in [0.717, 1.165) is 58.6 Å². The van der Waals surface area contributed by atoms with E-state index < -0.39 is 0 Å². The lowest BCUT2D eigenvalue weighted by molar-refractivity contribution is 0.782. The fraction of sp³-hybridized carbons (Fsp3) is 0.154. The second kappa shape index (κ2) is 8.85. The van der Waals surface area contributed by atoms with Crippen molar-refractivity contribution < 1.29 is 0 Å². The second-order valence-corrected chi connectivity index (χ2v) is 6.64. The Hall–Kier alpha value is -3.62. The molecule has 0 spiro atoms. The van der Waals surface area contributed by atoms with Crippen molar-refractivity contribution in [2.75, 3.05) is 0 Å². The number of unbranched alkanes of at least 4 members (excludes halogenated alkanes) is 3. The zero-order chi connectivity index (χ0) is 19.0. The molecule has 2 heterocycles. The maximum atomic E-state index is 4.44. The first-order valence-corrected chi connectivity index (χ1v) is 9.56. The summed E-state index contributed by atoms with van der Waals surface area (Å²) in [6.45, 7) is 0. The van der Waals surface area contributed by atoms with Crippen molar-refractivity contribution in [1.82, 2.24) is 9.97 Å². The van der Waals surface area contributed by atoms with Crippen LogP contribution in [0.25, 0.3) is 21.8 Å². The van der Waals surface area contributed by atoms with Gasteiger partial charge in [-0.25, -0.2) is 0 Å². The van der Waals surface area contributed by atoms with Crippen molar-refractivity contribution in [3.63, 3.8) is 0 Å². The van der Waals surface area contributed by atoms with Gasteiger partial charge >= 0.3 is 0 Å². The molecule has 0 saturated heterocycles. The van der Waals surface area contributed by atoms with Gasteiger partial charge in [0.2, 0.25) is 0 Å². The van der Waals surface area contributed by atoms with Crippen LogP contribution in [0.3, 0.4) is 0 Å². The van der Waals surface area contributed by atoms with Gasteiger partial charge in [0.1, 0.15) is 0 Å². The van der Waals surface area contributed by atoms with E-state index >= 15 is 0 Å². The third kappa shape index (κ3) is 4.56. The summed E-state index contributed by atoms with van der Waals surface area (Å²) < 4.78 is 0. The van der Waals surface area contributed by atoms with E-state index in [-0.39, 0.29) is 0 Å². The van der Waals surface area contributed by atoms with Crippen molar-refractivity contribution in [1.29, 1.82) is 0 Å². The van der Waals surface area contributed by atoms with Crippen LogP contribution in [-0.2, 0) is 0 Å². The van der Waals surface area contributed by atoms with Crippen LogP contribution >= 0.6 is 0 Å². The Morgan fingerprint density at radius 3 is 1.57 bits per heavy atom. The quantitative estimate of drug-likeness (QED) is 0.343. The Labute approximate surface area is 165 Å². The van der Waals surface area contributed by atoms with E-state index in [1.54, 1.807) is 0 Å². The lowest BCUT2D eigenvalue weighted by Crippen LogP contribution is -1.82. The minimum absolute atomic E-state index is 0.881. The highest BCUT2D eigenvalue weighted by molar-refractivity contribution is 5.80. The predicted molar refractivity (Wildman–Crippen MR) is 116 cm³/mol. The SMILES string of the molecule is C(#Cc1cnc2ccccc2c1)CCCCC#Cc1cnc2ccccc2c1. The third-order valence-corrected chi connectivity index (χ3v) is 4.50. The van der Waals surface area contributed by atoms with Gasteiger partial charge in [-0.2, -0.15) is 0 Å². The number of para-hydroxylation sites is 2. The number of nitrogens with zero attached hydrogens (tertiary/aromatic N) is 2. The Kier molecular flexibility index (Phi) is 5.62. The van der Waals surface area contributed by atoms with Crippen molar-refractivity contribution in [2.45, 2.75) is 25.7 Å². The molecule has 2 aromatic heterocycles. The molecule has 2 nitrogen and oxygen atoms in total. The molecule has 0 fully saturated rings. The molecule has 0 aliphatic rings. The van der Waals surface area contributed by atoms with Crippen LogP contribution in [0.1, 0.15) is 36.8 Å². The molecule has 134 valence electrons. The Bertz CT molecular complexity index is 1130. The van der Waals surface area contributed by atoms with Gasteiger partial charge in [0.15, 0.2) is 0 Å². The number of hydrogen-bond donors (Lipinski definition) is 0. The molecule has 0 atom stereocenters. The van der Waals surface area contributed by atoms with Gasteiger partial charge in [-0.1, -0.05) is 60.1 Å². The summed E-state index contributed by atoms with van der Waals surface area (Å²) >= 11 is 0. The van der Waals surface area contributed by atoms with Gasteiger partial charge in [0.25, 0.3) is 0 Å². The zero-order valence-corrected chi connectivity index (χ0v) is 15.7. The highest BCUT2D eigenvalue weighted by Crippen LogP contribution is 2.13. The highest BCUT2D eigenvalue weighted by Gasteiger charge is 1.95. The predicted octanol–water partition coefficient (Wildman–Crippen LogP) is 5.75. The van der Waals surface area contributed by atoms with Crippen molar-refractivity contribution in [3.8, 4) is 23.7 Å².